The zero-order chi connectivity index (χ0) is 11.4. The van der Waals surface area contributed by atoms with E-state index in [-0.39, 0.29) is 0 Å². The van der Waals surface area contributed by atoms with Crippen LogP contribution in [-0.4, -0.2) is 17.5 Å². The molecule has 1 heterocycles. The van der Waals surface area contributed by atoms with E-state index in [2.05, 4.69) is 64.2 Å². The molecular formula is C13H18BrNS. The van der Waals surface area contributed by atoms with E-state index >= 15 is 0 Å². The first-order valence-corrected chi connectivity index (χ1v) is 7.70. The van der Waals surface area contributed by atoms with Gasteiger partial charge in [0.25, 0.3) is 0 Å². The van der Waals surface area contributed by atoms with E-state index in [0.717, 1.165) is 16.3 Å². The van der Waals surface area contributed by atoms with Gasteiger partial charge in [0.15, 0.2) is 0 Å². The van der Waals surface area contributed by atoms with E-state index in [1.807, 2.05) is 0 Å². The van der Waals surface area contributed by atoms with Gasteiger partial charge in [-0.1, -0.05) is 28.1 Å². The lowest BCUT2D eigenvalue weighted by atomic mass is 10.1. The first kappa shape index (κ1) is 12.5. The second kappa shape index (κ2) is 6.08. The summed E-state index contributed by atoms with van der Waals surface area (Å²) in [5.74, 6) is 1.34. The molecule has 2 atom stereocenters. The highest BCUT2D eigenvalue weighted by atomic mass is 79.9. The second-order valence-electron chi connectivity index (χ2n) is 4.32. The van der Waals surface area contributed by atoms with Gasteiger partial charge in [-0.25, -0.2) is 0 Å². The zero-order valence-electron chi connectivity index (χ0n) is 9.58. The van der Waals surface area contributed by atoms with E-state index in [4.69, 9.17) is 0 Å². The predicted molar refractivity (Wildman–Crippen MR) is 76.0 cm³/mol. The predicted octanol–water partition coefficient (Wildman–Crippen LogP) is 4.00. The van der Waals surface area contributed by atoms with Crippen LogP contribution >= 0.6 is 27.7 Å². The number of rotatable bonds is 4. The molecule has 0 bridgehead atoms. The number of thioether (sulfide) groups is 1. The van der Waals surface area contributed by atoms with E-state index in [1.54, 1.807) is 0 Å². The lowest BCUT2D eigenvalue weighted by molar-refractivity contribution is 0.559. The van der Waals surface area contributed by atoms with Crippen LogP contribution in [0.2, 0.25) is 0 Å². The van der Waals surface area contributed by atoms with E-state index < -0.39 is 0 Å². The summed E-state index contributed by atoms with van der Waals surface area (Å²) in [7, 11) is 0. The fourth-order valence-electron chi connectivity index (χ4n) is 2.01. The van der Waals surface area contributed by atoms with E-state index in [1.165, 1.54) is 24.2 Å². The Morgan fingerprint density at radius 3 is 3.12 bits per heavy atom. The highest BCUT2D eigenvalue weighted by Gasteiger charge is 2.16. The van der Waals surface area contributed by atoms with Gasteiger partial charge in [0, 0.05) is 22.3 Å². The van der Waals surface area contributed by atoms with Crippen molar-refractivity contribution in [1.29, 1.82) is 0 Å². The van der Waals surface area contributed by atoms with Crippen LogP contribution < -0.4 is 5.32 Å². The Labute approximate surface area is 111 Å². The molecule has 1 saturated heterocycles. The Morgan fingerprint density at radius 2 is 2.44 bits per heavy atom. The molecule has 1 N–H and O–H groups in total. The lowest BCUT2D eigenvalue weighted by Crippen LogP contribution is -2.26. The lowest BCUT2D eigenvalue weighted by Gasteiger charge is -2.17. The van der Waals surface area contributed by atoms with Crippen molar-refractivity contribution in [2.75, 3.05) is 12.3 Å². The van der Waals surface area contributed by atoms with Crippen LogP contribution in [0, 0.1) is 0 Å². The SMILES string of the molecule is CC(NCC1CCCS1)c1cccc(Br)c1. The van der Waals surface area contributed by atoms with E-state index in [0.29, 0.717) is 6.04 Å². The average Bonchev–Trinajstić information content (AvgIpc) is 2.78. The maximum atomic E-state index is 3.63. The van der Waals surface area contributed by atoms with Gasteiger partial charge in [-0.3, -0.25) is 0 Å². The van der Waals surface area contributed by atoms with Gasteiger partial charge in [0.1, 0.15) is 0 Å². The number of benzene rings is 1. The van der Waals surface area contributed by atoms with Gasteiger partial charge >= 0.3 is 0 Å². The molecule has 0 aliphatic carbocycles. The monoisotopic (exact) mass is 299 g/mol. The fourth-order valence-corrected chi connectivity index (χ4v) is 3.64. The summed E-state index contributed by atoms with van der Waals surface area (Å²) in [6, 6.07) is 8.99. The second-order valence-corrected chi connectivity index (χ2v) is 6.64. The molecule has 0 saturated carbocycles. The van der Waals surface area contributed by atoms with Gasteiger partial charge in [-0.2, -0.15) is 11.8 Å². The first-order chi connectivity index (χ1) is 7.75. The summed E-state index contributed by atoms with van der Waals surface area (Å²) in [4.78, 5) is 0. The number of nitrogens with one attached hydrogen (secondary N) is 1. The average molecular weight is 300 g/mol. The molecule has 0 radical (unpaired) electrons. The molecule has 2 unspecified atom stereocenters. The molecule has 0 amide bonds. The molecular weight excluding hydrogens is 282 g/mol. The number of hydrogen-bond donors (Lipinski definition) is 1. The first-order valence-electron chi connectivity index (χ1n) is 5.86. The van der Waals surface area contributed by atoms with E-state index in [9.17, 15) is 0 Å². The number of halogens is 1. The maximum Gasteiger partial charge on any atom is 0.0292 e. The van der Waals surface area contributed by atoms with Crippen LogP contribution in [0.4, 0.5) is 0 Å². The van der Waals surface area contributed by atoms with Crippen molar-refractivity contribution in [3.63, 3.8) is 0 Å². The third-order valence-corrected chi connectivity index (χ3v) is 4.92. The highest BCUT2D eigenvalue weighted by Crippen LogP contribution is 2.26. The van der Waals surface area contributed by atoms with Crippen molar-refractivity contribution >= 4 is 27.7 Å². The summed E-state index contributed by atoms with van der Waals surface area (Å²) >= 11 is 5.63. The molecule has 88 valence electrons. The summed E-state index contributed by atoms with van der Waals surface area (Å²) in [5, 5.41) is 4.45. The highest BCUT2D eigenvalue weighted by molar-refractivity contribution is 9.10. The largest absolute Gasteiger partial charge is 0.309 e. The summed E-state index contributed by atoms with van der Waals surface area (Å²) in [6.45, 7) is 3.37. The smallest absolute Gasteiger partial charge is 0.0292 e. The topological polar surface area (TPSA) is 12.0 Å². The molecule has 3 heteroatoms. The third kappa shape index (κ3) is 3.51. The van der Waals surface area contributed by atoms with Gasteiger partial charge in [-0.15, -0.1) is 0 Å². The summed E-state index contributed by atoms with van der Waals surface area (Å²) in [5.41, 5.74) is 1.36. The zero-order valence-corrected chi connectivity index (χ0v) is 12.0. The van der Waals surface area contributed by atoms with Crippen LogP contribution in [0.3, 0.4) is 0 Å². The minimum absolute atomic E-state index is 0.443. The van der Waals surface area contributed by atoms with Gasteiger partial charge < -0.3 is 5.32 Å². The maximum absolute atomic E-state index is 3.63. The Balaban J connectivity index is 1.85. The molecule has 1 fully saturated rings. The van der Waals surface area contributed by atoms with Crippen LogP contribution in [0.5, 0.6) is 0 Å². The fraction of sp³-hybridized carbons (Fsp3) is 0.538. The molecule has 1 aromatic carbocycles. The van der Waals surface area contributed by atoms with Crippen molar-refractivity contribution in [1.82, 2.24) is 5.32 Å². The Morgan fingerprint density at radius 1 is 1.56 bits per heavy atom. The normalized spacial score (nSPS) is 22.2. The standard InChI is InChI=1S/C13H18BrNS/c1-10(11-4-2-5-12(14)8-11)15-9-13-6-3-7-16-13/h2,4-5,8,10,13,15H,3,6-7,9H2,1H3. The minimum atomic E-state index is 0.443. The minimum Gasteiger partial charge on any atom is -0.309 e. The van der Waals surface area contributed by atoms with Crippen LogP contribution in [0.25, 0.3) is 0 Å². The quantitative estimate of drug-likeness (QED) is 0.902. The van der Waals surface area contributed by atoms with Crippen molar-refractivity contribution in [2.45, 2.75) is 31.1 Å². The Hall–Kier alpha value is 0.01000. The Bertz CT molecular complexity index is 336. The molecule has 2 rings (SSSR count). The van der Waals surface area contributed by atoms with Crippen molar-refractivity contribution in [3.8, 4) is 0 Å². The molecule has 0 spiro atoms. The molecule has 1 nitrogen and oxygen atoms in total. The number of hydrogen-bond acceptors (Lipinski definition) is 2. The third-order valence-electron chi connectivity index (χ3n) is 3.02. The molecule has 1 aromatic rings. The van der Waals surface area contributed by atoms with Crippen LogP contribution in [0.15, 0.2) is 28.7 Å². The van der Waals surface area contributed by atoms with Crippen LogP contribution in [0.1, 0.15) is 31.4 Å². The molecule has 1 aliphatic rings. The van der Waals surface area contributed by atoms with Crippen molar-refractivity contribution < 1.29 is 0 Å². The summed E-state index contributed by atoms with van der Waals surface area (Å²) in [6.07, 6.45) is 2.77. The van der Waals surface area contributed by atoms with Gasteiger partial charge in [-0.05, 0) is 43.2 Å². The van der Waals surface area contributed by atoms with Crippen molar-refractivity contribution in [2.24, 2.45) is 0 Å². The van der Waals surface area contributed by atoms with Crippen molar-refractivity contribution in [3.05, 3.63) is 34.3 Å². The molecule has 1 aliphatic heterocycles. The Kier molecular flexibility index (Phi) is 4.74. The van der Waals surface area contributed by atoms with Crippen LogP contribution in [-0.2, 0) is 0 Å². The van der Waals surface area contributed by atoms with Gasteiger partial charge in [0.2, 0.25) is 0 Å². The van der Waals surface area contributed by atoms with Gasteiger partial charge in [0.05, 0.1) is 0 Å². The molecule has 16 heavy (non-hydrogen) atoms. The molecule has 0 aromatic heterocycles. The summed E-state index contributed by atoms with van der Waals surface area (Å²) < 4.78 is 1.16.